The van der Waals surface area contributed by atoms with Gasteiger partial charge in [-0.25, -0.2) is 0 Å². The first kappa shape index (κ1) is 15.8. The van der Waals surface area contributed by atoms with E-state index >= 15 is 0 Å². The van der Waals surface area contributed by atoms with Crippen LogP contribution in [-0.2, 0) is 4.79 Å². The van der Waals surface area contributed by atoms with Gasteiger partial charge in [0.2, 0.25) is 5.91 Å². The molecule has 2 N–H and O–H groups in total. The predicted molar refractivity (Wildman–Crippen MR) is 76.8 cm³/mol. The third kappa shape index (κ3) is 4.78. The van der Waals surface area contributed by atoms with E-state index in [2.05, 4.69) is 10.2 Å². The molecule has 0 aromatic rings. The van der Waals surface area contributed by atoms with E-state index in [0.29, 0.717) is 19.1 Å². The fraction of sp³-hybridized carbons (Fsp3) is 0.923. The number of likely N-dealkylation sites (N-methyl/N-ethyl adjacent to an activating group) is 1. The van der Waals surface area contributed by atoms with Crippen LogP contribution >= 0.6 is 11.8 Å². The molecule has 1 aliphatic rings. The molecule has 1 amide bonds. The molecule has 0 aromatic heterocycles. The zero-order chi connectivity index (χ0) is 13.8. The molecule has 0 saturated carbocycles. The highest BCUT2D eigenvalue weighted by Crippen LogP contribution is 2.21. The van der Waals surface area contributed by atoms with Gasteiger partial charge in [0.1, 0.15) is 0 Å². The Kier molecular flexibility index (Phi) is 5.95. The fourth-order valence-corrected chi connectivity index (χ4v) is 3.06. The van der Waals surface area contributed by atoms with E-state index in [1.54, 1.807) is 6.92 Å². The predicted octanol–water partition coefficient (Wildman–Crippen LogP) is 0.947. The topological polar surface area (TPSA) is 52.6 Å². The Morgan fingerprint density at radius 2 is 2.28 bits per heavy atom. The van der Waals surface area contributed by atoms with E-state index in [9.17, 15) is 9.90 Å². The van der Waals surface area contributed by atoms with Gasteiger partial charge in [-0.1, -0.05) is 13.8 Å². The number of nitrogens with one attached hydrogen (secondary N) is 1. The van der Waals surface area contributed by atoms with Crippen LogP contribution in [0, 0.1) is 5.92 Å². The molecule has 2 unspecified atom stereocenters. The second-order valence-corrected chi connectivity index (χ2v) is 6.87. The van der Waals surface area contributed by atoms with Gasteiger partial charge in [0.05, 0.1) is 12.1 Å². The summed E-state index contributed by atoms with van der Waals surface area (Å²) >= 11 is 1.95. The lowest BCUT2D eigenvalue weighted by Gasteiger charge is -2.29. The molecule has 5 heteroatoms. The average molecular weight is 274 g/mol. The number of thioether (sulfide) groups is 1. The monoisotopic (exact) mass is 274 g/mol. The van der Waals surface area contributed by atoms with Gasteiger partial charge in [0.15, 0.2) is 0 Å². The maximum Gasteiger partial charge on any atom is 0.234 e. The van der Waals surface area contributed by atoms with Crippen LogP contribution < -0.4 is 5.32 Å². The van der Waals surface area contributed by atoms with Crippen molar-refractivity contribution in [1.29, 1.82) is 0 Å². The second-order valence-electron chi connectivity index (χ2n) is 5.72. The van der Waals surface area contributed by atoms with Gasteiger partial charge in [-0.3, -0.25) is 9.69 Å². The zero-order valence-corrected chi connectivity index (χ0v) is 12.7. The van der Waals surface area contributed by atoms with Crippen molar-refractivity contribution in [2.75, 3.05) is 31.6 Å². The minimum atomic E-state index is -0.836. The molecular weight excluding hydrogens is 248 g/mol. The lowest BCUT2D eigenvalue weighted by Crippen LogP contribution is -2.47. The molecule has 0 spiro atoms. The Balaban J connectivity index is 2.28. The highest BCUT2D eigenvalue weighted by Gasteiger charge is 2.26. The number of hydrogen-bond acceptors (Lipinski definition) is 4. The molecular formula is C13H26N2O2S. The Morgan fingerprint density at radius 1 is 1.61 bits per heavy atom. The minimum Gasteiger partial charge on any atom is -0.388 e. The van der Waals surface area contributed by atoms with Crippen LogP contribution in [0.3, 0.4) is 0 Å². The summed E-state index contributed by atoms with van der Waals surface area (Å²) in [6.45, 7) is 6.40. The average Bonchev–Trinajstić information content (AvgIpc) is 2.79. The van der Waals surface area contributed by atoms with Gasteiger partial charge in [0, 0.05) is 18.3 Å². The number of carbonyl (C=O) groups is 1. The highest BCUT2D eigenvalue weighted by atomic mass is 32.2. The molecule has 0 aliphatic carbocycles. The van der Waals surface area contributed by atoms with Gasteiger partial charge >= 0.3 is 0 Å². The van der Waals surface area contributed by atoms with Crippen molar-refractivity contribution in [2.45, 2.75) is 38.8 Å². The van der Waals surface area contributed by atoms with Crippen molar-refractivity contribution in [3.05, 3.63) is 0 Å². The molecule has 18 heavy (non-hydrogen) atoms. The first-order chi connectivity index (χ1) is 8.33. The Bertz CT molecular complexity index is 276. The molecule has 0 bridgehead atoms. The molecule has 0 radical (unpaired) electrons. The molecule has 4 nitrogen and oxygen atoms in total. The van der Waals surface area contributed by atoms with Gasteiger partial charge < -0.3 is 10.4 Å². The van der Waals surface area contributed by atoms with E-state index in [0.717, 1.165) is 12.2 Å². The summed E-state index contributed by atoms with van der Waals surface area (Å²) in [6, 6.07) is 0.520. The normalized spacial score (nSPS) is 23.4. The standard InChI is InChI=1S/C13H26N2O2S/c1-10(2)13(3,17)9-14-12(16)7-15(4)11-5-6-18-8-11/h10-11,17H,5-9H2,1-4H3,(H,14,16). The van der Waals surface area contributed by atoms with Crippen molar-refractivity contribution in [3.63, 3.8) is 0 Å². The van der Waals surface area contributed by atoms with Crippen molar-refractivity contribution >= 4 is 17.7 Å². The van der Waals surface area contributed by atoms with Gasteiger partial charge in [-0.05, 0) is 32.1 Å². The summed E-state index contributed by atoms with van der Waals surface area (Å²) in [5, 5.41) is 12.9. The number of aliphatic hydroxyl groups is 1. The third-order valence-corrected chi connectivity index (χ3v) is 4.95. The SMILES string of the molecule is CC(C)C(C)(O)CNC(=O)CN(C)C1CCSC1. The molecule has 1 aliphatic heterocycles. The lowest BCUT2D eigenvalue weighted by atomic mass is 9.92. The van der Waals surface area contributed by atoms with Crippen LogP contribution in [0.25, 0.3) is 0 Å². The van der Waals surface area contributed by atoms with E-state index in [4.69, 9.17) is 0 Å². The summed E-state index contributed by atoms with van der Waals surface area (Å²) in [4.78, 5) is 13.9. The third-order valence-electron chi connectivity index (χ3n) is 3.81. The van der Waals surface area contributed by atoms with Crippen molar-refractivity contribution < 1.29 is 9.90 Å². The van der Waals surface area contributed by atoms with Crippen LogP contribution in [0.15, 0.2) is 0 Å². The largest absolute Gasteiger partial charge is 0.388 e. The molecule has 1 fully saturated rings. The van der Waals surface area contributed by atoms with Crippen molar-refractivity contribution in [2.24, 2.45) is 5.92 Å². The van der Waals surface area contributed by atoms with E-state index < -0.39 is 5.60 Å². The number of rotatable bonds is 6. The fourth-order valence-electron chi connectivity index (χ4n) is 1.76. The van der Waals surface area contributed by atoms with E-state index in [1.807, 2.05) is 32.7 Å². The first-order valence-corrected chi connectivity index (χ1v) is 7.75. The molecule has 1 saturated heterocycles. The molecule has 2 atom stereocenters. The summed E-state index contributed by atoms with van der Waals surface area (Å²) in [6.07, 6.45) is 1.16. The summed E-state index contributed by atoms with van der Waals surface area (Å²) in [5.41, 5.74) is -0.836. The number of amides is 1. The number of nitrogens with zero attached hydrogens (tertiary/aromatic N) is 1. The molecule has 1 heterocycles. The first-order valence-electron chi connectivity index (χ1n) is 6.60. The quantitative estimate of drug-likeness (QED) is 0.757. The Hall–Kier alpha value is -0.260. The molecule has 0 aromatic carbocycles. The van der Waals surface area contributed by atoms with Gasteiger partial charge in [0.25, 0.3) is 0 Å². The second kappa shape index (κ2) is 6.78. The summed E-state index contributed by atoms with van der Waals surface area (Å²) in [7, 11) is 2.00. The van der Waals surface area contributed by atoms with Crippen LogP contribution in [0.5, 0.6) is 0 Å². The Labute approximate surface area is 115 Å². The maximum atomic E-state index is 11.8. The zero-order valence-electron chi connectivity index (χ0n) is 11.9. The molecule has 1 rings (SSSR count). The Morgan fingerprint density at radius 3 is 2.78 bits per heavy atom. The van der Waals surface area contributed by atoms with E-state index in [-0.39, 0.29) is 11.8 Å². The van der Waals surface area contributed by atoms with Crippen LogP contribution in [0.1, 0.15) is 27.2 Å². The van der Waals surface area contributed by atoms with Crippen molar-refractivity contribution in [1.82, 2.24) is 10.2 Å². The van der Waals surface area contributed by atoms with Crippen LogP contribution in [0.4, 0.5) is 0 Å². The van der Waals surface area contributed by atoms with Gasteiger partial charge in [-0.2, -0.15) is 11.8 Å². The van der Waals surface area contributed by atoms with Gasteiger partial charge in [-0.15, -0.1) is 0 Å². The lowest BCUT2D eigenvalue weighted by molar-refractivity contribution is -0.123. The van der Waals surface area contributed by atoms with Crippen molar-refractivity contribution in [3.8, 4) is 0 Å². The van der Waals surface area contributed by atoms with Crippen LogP contribution in [-0.4, -0.2) is 59.2 Å². The minimum absolute atomic E-state index is 0.00433. The highest BCUT2D eigenvalue weighted by molar-refractivity contribution is 7.99. The van der Waals surface area contributed by atoms with Crippen LogP contribution in [0.2, 0.25) is 0 Å². The van der Waals surface area contributed by atoms with E-state index in [1.165, 1.54) is 5.75 Å². The molecule has 106 valence electrons. The summed E-state index contributed by atoms with van der Waals surface area (Å²) in [5.74, 6) is 2.43. The number of carbonyl (C=O) groups excluding carboxylic acids is 1. The maximum absolute atomic E-state index is 11.8. The number of hydrogen-bond donors (Lipinski definition) is 2. The smallest absolute Gasteiger partial charge is 0.234 e. The summed E-state index contributed by atoms with van der Waals surface area (Å²) < 4.78 is 0.